The Kier molecular flexibility index (Phi) is 12.1. The molecule has 0 fully saturated rings. The maximum atomic E-state index is 9.08. The first-order valence-electron chi connectivity index (χ1n) is 8.25. The third-order valence-electron chi connectivity index (χ3n) is 3.39. The minimum absolute atomic E-state index is 0.604. The summed E-state index contributed by atoms with van der Waals surface area (Å²) in [5.41, 5.74) is 1.43. The van der Waals surface area contributed by atoms with Crippen molar-refractivity contribution in [3.8, 4) is 0 Å². The molecule has 0 bridgehead atoms. The summed E-state index contributed by atoms with van der Waals surface area (Å²) in [6, 6.07) is 4.47. The van der Waals surface area contributed by atoms with Crippen molar-refractivity contribution in [1.29, 1.82) is 0 Å². The van der Waals surface area contributed by atoms with Gasteiger partial charge in [-0.2, -0.15) is 0 Å². The van der Waals surface area contributed by atoms with Crippen LogP contribution in [-0.4, -0.2) is 19.2 Å². The fourth-order valence-corrected chi connectivity index (χ4v) is 2.12. The summed E-state index contributed by atoms with van der Waals surface area (Å²) < 4.78 is 29.5. The van der Waals surface area contributed by atoms with Gasteiger partial charge in [-0.15, -0.1) is 0 Å². The van der Waals surface area contributed by atoms with Crippen LogP contribution in [0.25, 0.3) is 0 Å². The summed E-state index contributed by atoms with van der Waals surface area (Å²) in [7, 11) is -3.92. The van der Waals surface area contributed by atoms with Crippen LogP contribution in [-0.2, 0) is 23.1 Å². The Morgan fingerprint density at radius 2 is 1.41 bits per heavy atom. The molecule has 0 radical (unpaired) electrons. The van der Waals surface area contributed by atoms with E-state index in [-0.39, 0.29) is 0 Å². The van der Waals surface area contributed by atoms with Gasteiger partial charge in [-0.25, -0.2) is 13.0 Å². The minimum atomic E-state index is -3.92. The van der Waals surface area contributed by atoms with Gasteiger partial charge in [0.25, 0.3) is 0 Å². The van der Waals surface area contributed by atoms with Crippen molar-refractivity contribution in [1.82, 2.24) is 0 Å². The molecular formula is C17H31NO3S. The molecule has 0 N–H and O–H groups in total. The zero-order valence-corrected chi connectivity index (χ0v) is 15.1. The van der Waals surface area contributed by atoms with Crippen LogP contribution < -0.4 is 4.57 Å². The smallest absolute Gasteiger partial charge is 0.169 e. The number of pyridine rings is 1. The van der Waals surface area contributed by atoms with Gasteiger partial charge in [0.1, 0.15) is 6.54 Å². The molecule has 0 aliphatic carbocycles. The SMILES string of the molecule is CCCCCCCCC[n+]1ccc(CC)cc1.CS(=O)(=O)[O-]. The van der Waals surface area contributed by atoms with Gasteiger partial charge in [0, 0.05) is 24.8 Å². The van der Waals surface area contributed by atoms with Crippen molar-refractivity contribution in [3.63, 3.8) is 0 Å². The number of nitrogens with zero attached hydrogens (tertiary/aromatic N) is 1. The maximum Gasteiger partial charge on any atom is 0.169 e. The highest BCUT2D eigenvalue weighted by atomic mass is 32.2. The summed E-state index contributed by atoms with van der Waals surface area (Å²) in [6.07, 6.45) is 15.9. The lowest BCUT2D eigenvalue weighted by atomic mass is 10.1. The Morgan fingerprint density at radius 3 is 1.86 bits per heavy atom. The largest absolute Gasteiger partial charge is 0.748 e. The highest BCUT2D eigenvalue weighted by molar-refractivity contribution is 7.84. The van der Waals surface area contributed by atoms with Gasteiger partial charge < -0.3 is 4.55 Å². The molecule has 0 spiro atoms. The van der Waals surface area contributed by atoms with Gasteiger partial charge >= 0.3 is 0 Å². The van der Waals surface area contributed by atoms with Crippen LogP contribution in [0, 0.1) is 0 Å². The lowest BCUT2D eigenvalue weighted by Crippen LogP contribution is -2.32. The van der Waals surface area contributed by atoms with Crippen LogP contribution in [0.2, 0.25) is 0 Å². The van der Waals surface area contributed by atoms with Crippen LogP contribution in [0.15, 0.2) is 24.5 Å². The molecule has 4 nitrogen and oxygen atoms in total. The molecule has 0 atom stereocenters. The molecule has 1 aromatic heterocycles. The molecule has 1 aromatic rings. The average molecular weight is 330 g/mol. The number of rotatable bonds is 9. The van der Waals surface area contributed by atoms with Gasteiger partial charge in [0.15, 0.2) is 12.4 Å². The van der Waals surface area contributed by atoms with Crippen LogP contribution in [0.1, 0.15) is 64.4 Å². The van der Waals surface area contributed by atoms with Gasteiger partial charge in [0.05, 0.1) is 10.1 Å². The number of hydrogen-bond acceptors (Lipinski definition) is 3. The lowest BCUT2D eigenvalue weighted by molar-refractivity contribution is -0.697. The molecule has 0 aromatic carbocycles. The molecular weight excluding hydrogens is 298 g/mol. The molecule has 0 aliphatic heterocycles. The van der Waals surface area contributed by atoms with E-state index in [2.05, 4.69) is 42.9 Å². The molecule has 1 heterocycles. The van der Waals surface area contributed by atoms with Crippen molar-refractivity contribution in [3.05, 3.63) is 30.1 Å². The molecule has 128 valence electrons. The van der Waals surface area contributed by atoms with Crippen molar-refractivity contribution in [2.75, 3.05) is 6.26 Å². The molecule has 0 aliphatic rings. The Bertz CT molecular complexity index is 461. The number of unbranched alkanes of at least 4 members (excludes halogenated alkanes) is 6. The highest BCUT2D eigenvalue weighted by Crippen LogP contribution is 2.06. The molecule has 0 saturated heterocycles. The molecule has 0 saturated carbocycles. The zero-order chi connectivity index (χ0) is 16.8. The van der Waals surface area contributed by atoms with Crippen molar-refractivity contribution >= 4 is 10.1 Å². The fraction of sp³-hybridized carbons (Fsp3) is 0.706. The zero-order valence-electron chi connectivity index (χ0n) is 14.3. The minimum Gasteiger partial charge on any atom is -0.748 e. The Balaban J connectivity index is 0.000000763. The van der Waals surface area contributed by atoms with E-state index >= 15 is 0 Å². The Hall–Kier alpha value is -0.940. The average Bonchev–Trinajstić information content (AvgIpc) is 2.45. The summed E-state index contributed by atoms with van der Waals surface area (Å²) in [4.78, 5) is 0. The molecule has 5 heteroatoms. The monoisotopic (exact) mass is 329 g/mol. The van der Waals surface area contributed by atoms with E-state index < -0.39 is 10.1 Å². The van der Waals surface area contributed by atoms with Crippen molar-refractivity contribution in [2.24, 2.45) is 0 Å². The topological polar surface area (TPSA) is 61.1 Å². The van der Waals surface area contributed by atoms with Crippen LogP contribution in [0.5, 0.6) is 0 Å². The van der Waals surface area contributed by atoms with E-state index in [4.69, 9.17) is 13.0 Å². The number of aryl methyl sites for hydroxylation is 2. The predicted octanol–water partition coefficient (Wildman–Crippen LogP) is 3.45. The van der Waals surface area contributed by atoms with E-state index in [0.29, 0.717) is 6.26 Å². The fourth-order valence-electron chi connectivity index (χ4n) is 2.12. The quantitative estimate of drug-likeness (QED) is 0.396. The van der Waals surface area contributed by atoms with E-state index in [0.717, 1.165) is 6.42 Å². The molecule has 1 rings (SSSR count). The Morgan fingerprint density at radius 1 is 0.955 bits per heavy atom. The standard InChI is InChI=1S/C16H28N.CH4O3S/c1-3-5-6-7-8-9-10-13-17-14-11-16(4-2)12-15-17;1-5(2,3)4/h11-12,14-15H,3-10,13H2,1-2H3;1H3,(H,2,3,4)/q+1;/p-1. The number of aromatic nitrogens is 1. The second-order valence-corrected chi connectivity index (χ2v) is 7.03. The van der Waals surface area contributed by atoms with E-state index in [9.17, 15) is 0 Å². The van der Waals surface area contributed by atoms with Crippen LogP contribution in [0.3, 0.4) is 0 Å². The van der Waals surface area contributed by atoms with Gasteiger partial charge in [-0.1, -0.05) is 46.0 Å². The first-order valence-corrected chi connectivity index (χ1v) is 10.1. The summed E-state index contributed by atoms with van der Waals surface area (Å²) in [5, 5.41) is 0. The normalized spacial score (nSPS) is 10.9. The first kappa shape index (κ1) is 21.1. The van der Waals surface area contributed by atoms with E-state index in [1.165, 1.54) is 57.1 Å². The maximum absolute atomic E-state index is 9.08. The highest BCUT2D eigenvalue weighted by Gasteiger charge is 1.99. The first-order chi connectivity index (χ1) is 10.4. The summed E-state index contributed by atoms with van der Waals surface area (Å²) in [6.45, 7) is 5.66. The second kappa shape index (κ2) is 12.6. The lowest BCUT2D eigenvalue weighted by Gasteiger charge is -2.00. The van der Waals surface area contributed by atoms with Crippen LogP contribution in [0.4, 0.5) is 0 Å². The third-order valence-corrected chi connectivity index (χ3v) is 3.39. The van der Waals surface area contributed by atoms with Gasteiger partial charge in [-0.3, -0.25) is 0 Å². The Labute approximate surface area is 136 Å². The van der Waals surface area contributed by atoms with Crippen LogP contribution >= 0.6 is 0 Å². The molecule has 0 unspecified atom stereocenters. The van der Waals surface area contributed by atoms with Crippen molar-refractivity contribution < 1.29 is 17.5 Å². The summed E-state index contributed by atoms with van der Waals surface area (Å²) >= 11 is 0. The molecule has 22 heavy (non-hydrogen) atoms. The van der Waals surface area contributed by atoms with Crippen molar-refractivity contribution in [2.45, 2.75) is 71.8 Å². The third kappa shape index (κ3) is 15.4. The predicted molar refractivity (Wildman–Crippen MR) is 89.6 cm³/mol. The molecule has 0 amide bonds. The number of hydrogen-bond donors (Lipinski definition) is 0. The van der Waals surface area contributed by atoms with Gasteiger partial charge in [-0.05, 0) is 18.4 Å². The van der Waals surface area contributed by atoms with Gasteiger partial charge in [0.2, 0.25) is 0 Å². The summed E-state index contributed by atoms with van der Waals surface area (Å²) in [5.74, 6) is 0. The second-order valence-electron chi connectivity index (χ2n) is 5.62. The van der Waals surface area contributed by atoms with E-state index in [1.807, 2.05) is 0 Å². The van der Waals surface area contributed by atoms with E-state index in [1.54, 1.807) is 0 Å².